The highest BCUT2D eigenvalue weighted by Crippen LogP contribution is 2.34. The van der Waals surface area contributed by atoms with Crippen molar-refractivity contribution in [2.75, 3.05) is 12.1 Å². The molecule has 0 atom stereocenters. The number of carbonyl (C=O) groups is 1. The predicted octanol–water partition coefficient (Wildman–Crippen LogP) is 4.34. The van der Waals surface area contributed by atoms with Gasteiger partial charge in [-0.2, -0.15) is 0 Å². The summed E-state index contributed by atoms with van der Waals surface area (Å²) in [6.07, 6.45) is 4.19. The van der Waals surface area contributed by atoms with Crippen LogP contribution in [0.15, 0.2) is 48.5 Å². The van der Waals surface area contributed by atoms with Gasteiger partial charge in [0.2, 0.25) is 6.79 Å². The molecule has 0 fully saturated rings. The molecule has 1 aliphatic rings. The number of rotatable bonds is 4. The summed E-state index contributed by atoms with van der Waals surface area (Å²) in [5, 5.41) is 2.87. The van der Waals surface area contributed by atoms with Crippen molar-refractivity contribution >= 4 is 17.7 Å². The average molecular weight is 309 g/mol. The lowest BCUT2D eigenvalue weighted by Gasteiger charge is -2.06. The molecule has 0 unspecified atom stereocenters. The van der Waals surface area contributed by atoms with Gasteiger partial charge < -0.3 is 14.8 Å². The number of benzene rings is 2. The number of anilines is 1. The van der Waals surface area contributed by atoms with Crippen molar-refractivity contribution in [1.29, 1.82) is 0 Å². The first-order valence-corrected chi connectivity index (χ1v) is 7.61. The first kappa shape index (κ1) is 15.2. The molecule has 0 saturated carbocycles. The van der Waals surface area contributed by atoms with E-state index in [0.717, 1.165) is 5.56 Å². The molecule has 1 heterocycles. The second-order valence-electron chi connectivity index (χ2n) is 5.75. The Bertz CT molecular complexity index is 733. The quantitative estimate of drug-likeness (QED) is 0.914. The third kappa shape index (κ3) is 3.72. The SMILES string of the molecule is CC(C)/C=C/c1ccc(C(=O)Nc2ccc3c(c2)OCO3)cc1. The lowest BCUT2D eigenvalue weighted by Crippen LogP contribution is -2.11. The molecule has 23 heavy (non-hydrogen) atoms. The van der Waals surface area contributed by atoms with Gasteiger partial charge in [0.1, 0.15) is 0 Å². The average Bonchev–Trinajstić information content (AvgIpc) is 3.01. The zero-order chi connectivity index (χ0) is 16.2. The van der Waals surface area contributed by atoms with Gasteiger partial charge in [-0.15, -0.1) is 0 Å². The molecule has 1 aliphatic heterocycles. The lowest BCUT2D eigenvalue weighted by atomic mass is 10.1. The highest BCUT2D eigenvalue weighted by molar-refractivity contribution is 6.04. The second kappa shape index (κ2) is 6.57. The molecule has 0 aromatic heterocycles. The topological polar surface area (TPSA) is 47.6 Å². The summed E-state index contributed by atoms with van der Waals surface area (Å²) in [5.74, 6) is 1.70. The second-order valence-corrected chi connectivity index (χ2v) is 5.75. The fourth-order valence-electron chi connectivity index (χ4n) is 2.23. The normalized spacial score (nSPS) is 12.8. The van der Waals surface area contributed by atoms with Gasteiger partial charge in [0, 0.05) is 17.3 Å². The maximum absolute atomic E-state index is 12.3. The number of hydrogen-bond donors (Lipinski definition) is 1. The lowest BCUT2D eigenvalue weighted by molar-refractivity contribution is 0.102. The molecule has 2 aromatic carbocycles. The highest BCUT2D eigenvalue weighted by atomic mass is 16.7. The first-order valence-electron chi connectivity index (χ1n) is 7.61. The number of ether oxygens (including phenoxy) is 2. The number of nitrogens with one attached hydrogen (secondary N) is 1. The van der Waals surface area contributed by atoms with E-state index in [4.69, 9.17) is 9.47 Å². The Morgan fingerprint density at radius 1 is 1.09 bits per heavy atom. The van der Waals surface area contributed by atoms with Crippen LogP contribution in [-0.4, -0.2) is 12.7 Å². The van der Waals surface area contributed by atoms with Crippen LogP contribution >= 0.6 is 0 Å². The van der Waals surface area contributed by atoms with E-state index >= 15 is 0 Å². The molecule has 3 rings (SSSR count). The standard InChI is InChI=1S/C19H19NO3/c1-13(2)3-4-14-5-7-15(8-6-14)19(21)20-16-9-10-17-18(11-16)23-12-22-17/h3-11,13H,12H2,1-2H3,(H,20,21)/b4-3+. The van der Waals surface area contributed by atoms with Gasteiger partial charge in [-0.1, -0.05) is 38.1 Å². The predicted molar refractivity (Wildman–Crippen MR) is 90.8 cm³/mol. The van der Waals surface area contributed by atoms with Crippen molar-refractivity contribution in [3.63, 3.8) is 0 Å². The van der Waals surface area contributed by atoms with Gasteiger partial charge in [-0.25, -0.2) is 0 Å². The summed E-state index contributed by atoms with van der Waals surface area (Å²) in [5.41, 5.74) is 2.38. The van der Waals surface area contributed by atoms with Crippen molar-refractivity contribution in [3.05, 3.63) is 59.7 Å². The van der Waals surface area contributed by atoms with Crippen molar-refractivity contribution in [1.82, 2.24) is 0 Å². The molecule has 4 heteroatoms. The Hall–Kier alpha value is -2.75. The zero-order valence-corrected chi connectivity index (χ0v) is 13.2. The minimum atomic E-state index is -0.150. The first-order chi connectivity index (χ1) is 11.1. The van der Waals surface area contributed by atoms with Crippen LogP contribution in [0, 0.1) is 5.92 Å². The maximum Gasteiger partial charge on any atom is 0.255 e. The van der Waals surface area contributed by atoms with Crippen LogP contribution in [0.25, 0.3) is 6.08 Å². The number of fused-ring (bicyclic) bond motifs is 1. The van der Waals surface area contributed by atoms with Crippen LogP contribution in [0.2, 0.25) is 0 Å². The number of allylic oxidation sites excluding steroid dienone is 1. The molecule has 0 radical (unpaired) electrons. The van der Waals surface area contributed by atoms with E-state index in [1.54, 1.807) is 18.2 Å². The summed E-state index contributed by atoms with van der Waals surface area (Å²) in [7, 11) is 0. The number of hydrogen-bond acceptors (Lipinski definition) is 3. The van der Waals surface area contributed by atoms with E-state index in [9.17, 15) is 4.79 Å². The molecule has 2 aromatic rings. The van der Waals surface area contributed by atoms with Gasteiger partial charge in [0.15, 0.2) is 11.5 Å². The summed E-state index contributed by atoms with van der Waals surface area (Å²) in [6.45, 7) is 4.48. The molecule has 4 nitrogen and oxygen atoms in total. The van der Waals surface area contributed by atoms with Crippen molar-refractivity contribution in [3.8, 4) is 11.5 Å². The van der Waals surface area contributed by atoms with Gasteiger partial charge in [0.05, 0.1) is 0 Å². The molecule has 0 spiro atoms. The van der Waals surface area contributed by atoms with Crippen molar-refractivity contribution < 1.29 is 14.3 Å². The molecule has 0 aliphatic carbocycles. The van der Waals surface area contributed by atoms with Crippen molar-refractivity contribution in [2.24, 2.45) is 5.92 Å². The largest absolute Gasteiger partial charge is 0.454 e. The third-order valence-electron chi connectivity index (χ3n) is 3.48. The van der Waals surface area contributed by atoms with Crippen LogP contribution in [0.5, 0.6) is 11.5 Å². The Morgan fingerprint density at radius 3 is 2.57 bits per heavy atom. The number of amides is 1. The molecule has 0 saturated heterocycles. The maximum atomic E-state index is 12.3. The van der Waals surface area contributed by atoms with Crippen LogP contribution in [0.4, 0.5) is 5.69 Å². The van der Waals surface area contributed by atoms with E-state index in [1.165, 1.54) is 0 Å². The van der Waals surface area contributed by atoms with E-state index in [-0.39, 0.29) is 12.7 Å². The van der Waals surface area contributed by atoms with E-state index in [2.05, 4.69) is 31.3 Å². The molecule has 1 amide bonds. The summed E-state index contributed by atoms with van der Waals surface area (Å²) < 4.78 is 10.6. The van der Waals surface area contributed by atoms with Crippen LogP contribution in [-0.2, 0) is 0 Å². The molecular weight excluding hydrogens is 290 g/mol. The Labute approximate surface area is 135 Å². The fourth-order valence-corrected chi connectivity index (χ4v) is 2.23. The van der Waals surface area contributed by atoms with Crippen LogP contribution in [0.3, 0.4) is 0 Å². The Kier molecular flexibility index (Phi) is 4.33. The van der Waals surface area contributed by atoms with Gasteiger partial charge in [0.25, 0.3) is 5.91 Å². The van der Waals surface area contributed by atoms with Crippen LogP contribution in [0.1, 0.15) is 29.8 Å². The fraction of sp³-hybridized carbons (Fsp3) is 0.211. The Morgan fingerprint density at radius 2 is 1.83 bits per heavy atom. The molecule has 118 valence electrons. The van der Waals surface area contributed by atoms with Crippen LogP contribution < -0.4 is 14.8 Å². The van der Waals surface area contributed by atoms with Crippen molar-refractivity contribution in [2.45, 2.75) is 13.8 Å². The monoisotopic (exact) mass is 309 g/mol. The van der Waals surface area contributed by atoms with E-state index in [0.29, 0.717) is 28.7 Å². The van der Waals surface area contributed by atoms with E-state index < -0.39 is 0 Å². The highest BCUT2D eigenvalue weighted by Gasteiger charge is 2.14. The van der Waals surface area contributed by atoms with Gasteiger partial charge in [-0.05, 0) is 35.7 Å². The molecule has 0 bridgehead atoms. The smallest absolute Gasteiger partial charge is 0.255 e. The summed E-state index contributed by atoms with van der Waals surface area (Å²) in [4.78, 5) is 12.3. The minimum absolute atomic E-state index is 0.150. The minimum Gasteiger partial charge on any atom is -0.454 e. The third-order valence-corrected chi connectivity index (χ3v) is 3.48. The molecular formula is C19H19NO3. The molecule has 1 N–H and O–H groups in total. The zero-order valence-electron chi connectivity index (χ0n) is 13.2. The van der Waals surface area contributed by atoms with Gasteiger partial charge in [-0.3, -0.25) is 4.79 Å². The Balaban J connectivity index is 1.68. The summed E-state index contributed by atoms with van der Waals surface area (Å²) in [6, 6.07) is 12.9. The summed E-state index contributed by atoms with van der Waals surface area (Å²) >= 11 is 0. The number of carbonyl (C=O) groups excluding carboxylic acids is 1. The van der Waals surface area contributed by atoms with E-state index in [1.807, 2.05) is 24.3 Å². The van der Waals surface area contributed by atoms with Gasteiger partial charge >= 0.3 is 0 Å².